The van der Waals surface area contributed by atoms with Crippen molar-refractivity contribution < 1.29 is 19.1 Å². The lowest BCUT2D eigenvalue weighted by Crippen LogP contribution is -2.36. The lowest BCUT2D eigenvalue weighted by atomic mass is 10.1. The molecule has 1 atom stereocenters. The summed E-state index contributed by atoms with van der Waals surface area (Å²) in [5.41, 5.74) is 2.01. The van der Waals surface area contributed by atoms with Crippen molar-refractivity contribution in [3.8, 4) is 5.75 Å². The van der Waals surface area contributed by atoms with Gasteiger partial charge in [-0.15, -0.1) is 0 Å². The molecule has 0 aliphatic carbocycles. The normalized spacial score (nSPS) is 16.0. The predicted octanol–water partition coefficient (Wildman–Crippen LogP) is 3.32. The Hall–Kier alpha value is -2.57. The van der Waals surface area contributed by atoms with Crippen LogP contribution in [-0.4, -0.2) is 49.2 Å². The summed E-state index contributed by atoms with van der Waals surface area (Å²) in [5.74, 6) is -1.87. The van der Waals surface area contributed by atoms with Gasteiger partial charge < -0.3 is 15.0 Å². The molecule has 6 nitrogen and oxygen atoms in total. The molecule has 2 aromatic carbocycles. The number of carbonyl (C=O) groups is 3. The van der Waals surface area contributed by atoms with Crippen molar-refractivity contribution in [3.63, 3.8) is 0 Å². The Labute approximate surface area is 191 Å². The molecule has 0 bridgehead atoms. The van der Waals surface area contributed by atoms with Crippen LogP contribution in [0.5, 0.6) is 5.75 Å². The maximum Gasteiger partial charge on any atom is 0.290 e. The smallest absolute Gasteiger partial charge is 0.290 e. The van der Waals surface area contributed by atoms with Crippen molar-refractivity contribution in [2.45, 2.75) is 19.3 Å². The molecule has 1 fully saturated rings. The summed E-state index contributed by atoms with van der Waals surface area (Å²) in [6.07, 6.45) is 1.97. The van der Waals surface area contributed by atoms with Crippen LogP contribution in [0.3, 0.4) is 0 Å². The van der Waals surface area contributed by atoms with Crippen molar-refractivity contribution in [1.82, 2.24) is 10.2 Å². The van der Waals surface area contributed by atoms with Crippen molar-refractivity contribution in [2.24, 2.45) is 5.92 Å². The molecule has 0 radical (unpaired) electrons. The molecular formula is C23H24Cl2N2O4. The van der Waals surface area contributed by atoms with Gasteiger partial charge in [-0.3, -0.25) is 14.4 Å². The van der Waals surface area contributed by atoms with Gasteiger partial charge in [-0.05, 0) is 54.7 Å². The largest absolute Gasteiger partial charge is 0.497 e. The first kappa shape index (κ1) is 23.1. The molecule has 1 N–H and O–H groups in total. The number of Topliss-reactive ketones (excluding diaryl/α,β-unsaturated/α-hetero) is 1. The van der Waals surface area contributed by atoms with Crippen LogP contribution in [0, 0.1) is 5.92 Å². The molecule has 1 aliphatic heterocycles. The fourth-order valence-corrected chi connectivity index (χ4v) is 3.82. The van der Waals surface area contributed by atoms with Crippen molar-refractivity contribution in [1.29, 1.82) is 0 Å². The van der Waals surface area contributed by atoms with Crippen LogP contribution in [0.15, 0.2) is 42.5 Å². The molecule has 1 saturated heterocycles. The number of hydrogen-bond acceptors (Lipinski definition) is 4. The topological polar surface area (TPSA) is 75.7 Å². The highest BCUT2D eigenvalue weighted by Crippen LogP contribution is 2.23. The first-order valence-electron chi connectivity index (χ1n) is 10.1. The van der Waals surface area contributed by atoms with Gasteiger partial charge in [0.05, 0.1) is 17.2 Å². The van der Waals surface area contributed by atoms with E-state index in [0.717, 1.165) is 16.9 Å². The predicted molar refractivity (Wildman–Crippen MR) is 120 cm³/mol. The zero-order chi connectivity index (χ0) is 22.4. The maximum absolute atomic E-state index is 12.4. The van der Waals surface area contributed by atoms with Crippen LogP contribution >= 0.6 is 23.2 Å². The van der Waals surface area contributed by atoms with E-state index >= 15 is 0 Å². The van der Waals surface area contributed by atoms with E-state index < -0.39 is 23.5 Å². The molecule has 2 aromatic rings. The molecule has 1 heterocycles. The fraction of sp³-hybridized carbons (Fsp3) is 0.348. The van der Waals surface area contributed by atoms with Crippen LogP contribution in [0.25, 0.3) is 0 Å². The molecule has 0 saturated carbocycles. The second-order valence-corrected chi connectivity index (χ2v) is 8.23. The van der Waals surface area contributed by atoms with Crippen LogP contribution in [-0.2, 0) is 27.2 Å². The van der Waals surface area contributed by atoms with E-state index in [-0.39, 0.29) is 6.54 Å². The number of rotatable bonds is 9. The zero-order valence-corrected chi connectivity index (χ0v) is 18.7. The van der Waals surface area contributed by atoms with Crippen LogP contribution in [0.1, 0.15) is 17.5 Å². The third kappa shape index (κ3) is 5.99. The lowest BCUT2D eigenvalue weighted by molar-refractivity contribution is -0.142. The Morgan fingerprint density at radius 2 is 1.87 bits per heavy atom. The molecule has 31 heavy (non-hydrogen) atoms. The number of hydrogen-bond donors (Lipinski definition) is 1. The standard InChI is InChI=1S/C23H24Cl2N2O4/c1-31-17-6-2-4-16(12-17)9-11-27-14-18(21(28)23(27)30)22(29)26-10-3-5-15-7-8-19(24)20(25)13-15/h2,4,6-8,12-13,18H,3,5,9-11,14H2,1H3,(H,26,29). The Morgan fingerprint density at radius 1 is 1.10 bits per heavy atom. The second kappa shape index (κ2) is 10.6. The summed E-state index contributed by atoms with van der Waals surface area (Å²) < 4.78 is 5.20. The maximum atomic E-state index is 12.4. The monoisotopic (exact) mass is 462 g/mol. The van der Waals surface area contributed by atoms with Gasteiger partial charge in [-0.25, -0.2) is 0 Å². The Morgan fingerprint density at radius 3 is 2.61 bits per heavy atom. The van der Waals surface area contributed by atoms with Gasteiger partial charge in [-0.2, -0.15) is 0 Å². The number of nitrogens with one attached hydrogen (secondary N) is 1. The summed E-state index contributed by atoms with van der Waals surface area (Å²) in [5, 5.41) is 3.76. The number of nitrogens with zero attached hydrogens (tertiary/aromatic N) is 1. The van der Waals surface area contributed by atoms with Gasteiger partial charge in [-0.1, -0.05) is 41.4 Å². The summed E-state index contributed by atoms with van der Waals surface area (Å²) >= 11 is 11.9. The summed E-state index contributed by atoms with van der Waals surface area (Å²) in [6, 6.07) is 13.0. The molecule has 2 amide bonds. The number of aryl methyl sites for hydroxylation is 1. The van der Waals surface area contributed by atoms with E-state index in [1.54, 1.807) is 19.2 Å². The van der Waals surface area contributed by atoms with Crippen LogP contribution in [0.2, 0.25) is 10.0 Å². The Balaban J connectivity index is 1.46. The highest BCUT2D eigenvalue weighted by molar-refractivity contribution is 6.42. The third-order valence-corrected chi connectivity index (χ3v) is 6.00. The fourth-order valence-electron chi connectivity index (χ4n) is 3.50. The first-order chi connectivity index (χ1) is 14.9. The van der Waals surface area contributed by atoms with Gasteiger partial charge in [0.2, 0.25) is 11.7 Å². The number of likely N-dealkylation sites (tertiary alicyclic amines) is 1. The molecular weight excluding hydrogens is 439 g/mol. The number of halogens is 2. The van der Waals surface area contributed by atoms with Crippen molar-refractivity contribution in [2.75, 3.05) is 26.7 Å². The second-order valence-electron chi connectivity index (χ2n) is 7.41. The average molecular weight is 463 g/mol. The molecule has 0 spiro atoms. The molecule has 3 rings (SSSR count). The van der Waals surface area contributed by atoms with Crippen molar-refractivity contribution in [3.05, 3.63) is 63.6 Å². The number of carbonyl (C=O) groups excluding carboxylic acids is 3. The van der Waals surface area contributed by atoms with Gasteiger partial charge in [0.1, 0.15) is 11.7 Å². The summed E-state index contributed by atoms with van der Waals surface area (Å²) in [4.78, 5) is 38.5. The number of ether oxygens (including phenoxy) is 1. The molecule has 1 aliphatic rings. The van der Waals surface area contributed by atoms with E-state index in [9.17, 15) is 14.4 Å². The first-order valence-corrected chi connectivity index (χ1v) is 10.8. The van der Waals surface area contributed by atoms with Crippen LogP contribution < -0.4 is 10.1 Å². The molecule has 8 heteroatoms. The minimum absolute atomic E-state index is 0.111. The van der Waals surface area contributed by atoms with Crippen molar-refractivity contribution >= 4 is 40.8 Å². The molecule has 164 valence electrons. The highest BCUT2D eigenvalue weighted by Gasteiger charge is 2.42. The minimum Gasteiger partial charge on any atom is -0.497 e. The van der Waals surface area contributed by atoms with E-state index in [1.165, 1.54) is 4.90 Å². The third-order valence-electron chi connectivity index (χ3n) is 5.26. The number of amides is 2. The summed E-state index contributed by atoms with van der Waals surface area (Å²) in [6.45, 7) is 0.889. The zero-order valence-electron chi connectivity index (χ0n) is 17.2. The Kier molecular flexibility index (Phi) is 7.93. The minimum atomic E-state index is -0.956. The molecule has 0 aromatic heterocycles. The van der Waals surface area contributed by atoms with Gasteiger partial charge in [0, 0.05) is 19.6 Å². The van der Waals surface area contributed by atoms with E-state index in [1.807, 2.05) is 30.3 Å². The van der Waals surface area contributed by atoms with E-state index in [2.05, 4.69) is 5.32 Å². The average Bonchev–Trinajstić information content (AvgIpc) is 3.06. The number of benzene rings is 2. The summed E-state index contributed by atoms with van der Waals surface area (Å²) in [7, 11) is 1.59. The quantitative estimate of drug-likeness (QED) is 0.352. The highest BCUT2D eigenvalue weighted by atomic mass is 35.5. The van der Waals surface area contributed by atoms with Gasteiger partial charge >= 0.3 is 0 Å². The molecule has 1 unspecified atom stereocenters. The van der Waals surface area contributed by atoms with Gasteiger partial charge in [0.25, 0.3) is 5.91 Å². The number of methoxy groups -OCH3 is 1. The van der Waals surface area contributed by atoms with E-state index in [4.69, 9.17) is 27.9 Å². The van der Waals surface area contributed by atoms with Crippen LogP contribution in [0.4, 0.5) is 0 Å². The number of ketones is 1. The Bertz CT molecular complexity index is 980. The van der Waals surface area contributed by atoms with E-state index in [0.29, 0.717) is 42.4 Å². The SMILES string of the molecule is COc1cccc(CCN2CC(C(=O)NCCCc3ccc(Cl)c(Cl)c3)C(=O)C2=O)c1. The van der Waals surface area contributed by atoms with Gasteiger partial charge in [0.15, 0.2) is 0 Å². The lowest BCUT2D eigenvalue weighted by Gasteiger charge is -2.15.